The second-order valence-corrected chi connectivity index (χ2v) is 3.22. The van der Waals surface area contributed by atoms with Crippen molar-refractivity contribution in [2.75, 3.05) is 0 Å². The molecule has 88 valence electrons. The van der Waals surface area contributed by atoms with E-state index >= 15 is 0 Å². The van der Waals surface area contributed by atoms with Gasteiger partial charge < -0.3 is 5.73 Å². The fraction of sp³-hybridized carbons (Fsp3) is 0. The summed E-state index contributed by atoms with van der Waals surface area (Å²) < 4.78 is 0. The average molecular weight is 230 g/mol. The third-order valence-corrected chi connectivity index (χ3v) is 2.16. The standard InChI is InChI=1S/C13H14N2O2/c1-7(8(2)10(4)12(14)16)9(3)11(5)13(17)15-6/h1-6H2,(H2,14,16). The minimum Gasteiger partial charge on any atom is -0.366 e. The SMILES string of the molecule is C=NC(=O)C(=C)C(=C)C(=C)C(=C)C(=C)C(N)=O. The predicted molar refractivity (Wildman–Crippen MR) is 69.5 cm³/mol. The van der Waals surface area contributed by atoms with E-state index in [2.05, 4.69) is 44.6 Å². The minimum absolute atomic E-state index is 0.00274. The molecule has 17 heavy (non-hydrogen) atoms. The zero-order chi connectivity index (χ0) is 13.7. The van der Waals surface area contributed by atoms with Crippen LogP contribution < -0.4 is 5.73 Å². The van der Waals surface area contributed by atoms with Crippen LogP contribution in [-0.2, 0) is 9.59 Å². The van der Waals surface area contributed by atoms with Crippen LogP contribution in [0, 0.1) is 0 Å². The Bertz CT molecular complexity index is 482. The van der Waals surface area contributed by atoms with E-state index in [1.54, 1.807) is 0 Å². The van der Waals surface area contributed by atoms with Crippen LogP contribution in [0.2, 0.25) is 0 Å². The van der Waals surface area contributed by atoms with Crippen LogP contribution >= 0.6 is 0 Å². The average Bonchev–Trinajstić information content (AvgIpc) is 2.32. The highest BCUT2D eigenvalue weighted by Crippen LogP contribution is 2.25. The molecule has 0 unspecified atom stereocenters. The molecule has 0 fully saturated rings. The highest BCUT2D eigenvalue weighted by atomic mass is 16.1. The van der Waals surface area contributed by atoms with Gasteiger partial charge in [-0.15, -0.1) is 0 Å². The summed E-state index contributed by atoms with van der Waals surface area (Å²) in [5, 5.41) is 0. The number of rotatable bonds is 6. The van der Waals surface area contributed by atoms with Crippen molar-refractivity contribution in [2.24, 2.45) is 10.7 Å². The molecule has 0 aromatic heterocycles. The third kappa shape index (κ3) is 3.24. The molecule has 0 aromatic rings. The van der Waals surface area contributed by atoms with Crippen LogP contribution in [0.15, 0.2) is 65.8 Å². The van der Waals surface area contributed by atoms with Gasteiger partial charge in [-0.2, -0.15) is 0 Å². The first kappa shape index (κ1) is 14.5. The summed E-state index contributed by atoms with van der Waals surface area (Å²) >= 11 is 0. The lowest BCUT2D eigenvalue weighted by atomic mass is 9.92. The Morgan fingerprint density at radius 2 is 1.12 bits per heavy atom. The Hall–Kier alpha value is -2.49. The molecule has 2 amide bonds. The van der Waals surface area contributed by atoms with Crippen molar-refractivity contribution in [3.63, 3.8) is 0 Å². The van der Waals surface area contributed by atoms with Gasteiger partial charge >= 0.3 is 0 Å². The Balaban J connectivity index is 5.03. The molecule has 0 radical (unpaired) electrons. The fourth-order valence-corrected chi connectivity index (χ4v) is 0.920. The molecule has 0 aliphatic rings. The summed E-state index contributed by atoms with van der Waals surface area (Å²) in [6, 6.07) is 0. The van der Waals surface area contributed by atoms with Gasteiger partial charge in [0.15, 0.2) is 0 Å². The molecular weight excluding hydrogens is 216 g/mol. The lowest BCUT2D eigenvalue weighted by molar-refractivity contribution is -0.114. The Kier molecular flexibility index (Phi) is 4.74. The Morgan fingerprint density at radius 1 is 0.765 bits per heavy atom. The monoisotopic (exact) mass is 230 g/mol. The fourth-order valence-electron chi connectivity index (χ4n) is 0.920. The first-order valence-electron chi connectivity index (χ1n) is 4.50. The van der Waals surface area contributed by atoms with E-state index in [9.17, 15) is 9.59 Å². The van der Waals surface area contributed by atoms with E-state index in [4.69, 9.17) is 5.73 Å². The molecule has 0 atom stereocenters. The van der Waals surface area contributed by atoms with Gasteiger partial charge in [-0.1, -0.05) is 32.9 Å². The number of hydrogen-bond donors (Lipinski definition) is 1. The minimum atomic E-state index is -0.720. The Labute approximate surface area is 100 Å². The summed E-state index contributed by atoms with van der Waals surface area (Å²) in [4.78, 5) is 25.3. The molecule has 0 saturated carbocycles. The number of primary amides is 1. The lowest BCUT2D eigenvalue weighted by Gasteiger charge is -2.12. The van der Waals surface area contributed by atoms with Gasteiger partial charge in [-0.25, -0.2) is 4.99 Å². The van der Waals surface area contributed by atoms with Gasteiger partial charge in [0, 0.05) is 11.1 Å². The van der Waals surface area contributed by atoms with Crippen LogP contribution in [0.25, 0.3) is 0 Å². The molecule has 0 aliphatic carbocycles. The molecule has 0 aliphatic heterocycles. The maximum absolute atomic E-state index is 11.2. The van der Waals surface area contributed by atoms with E-state index in [0.29, 0.717) is 0 Å². The van der Waals surface area contributed by atoms with Crippen molar-refractivity contribution >= 4 is 18.5 Å². The summed E-state index contributed by atoms with van der Waals surface area (Å²) in [7, 11) is 0. The maximum atomic E-state index is 11.2. The second-order valence-electron chi connectivity index (χ2n) is 3.22. The molecule has 0 rings (SSSR count). The smallest absolute Gasteiger partial charge is 0.276 e. The van der Waals surface area contributed by atoms with E-state index in [-0.39, 0.29) is 27.9 Å². The first-order chi connectivity index (χ1) is 7.73. The predicted octanol–water partition coefficient (Wildman–Crippen LogP) is 1.48. The topological polar surface area (TPSA) is 72.5 Å². The summed E-state index contributed by atoms with van der Waals surface area (Å²) in [5.74, 6) is -1.34. The number of nitrogens with two attached hydrogens (primary N) is 1. The maximum Gasteiger partial charge on any atom is 0.276 e. The molecule has 0 heterocycles. The van der Waals surface area contributed by atoms with Crippen LogP contribution in [0.5, 0.6) is 0 Å². The quantitative estimate of drug-likeness (QED) is 0.426. The van der Waals surface area contributed by atoms with Gasteiger partial charge in [-0.3, -0.25) is 9.59 Å². The van der Waals surface area contributed by atoms with E-state index in [0.717, 1.165) is 0 Å². The van der Waals surface area contributed by atoms with Crippen molar-refractivity contribution in [1.82, 2.24) is 0 Å². The lowest BCUT2D eigenvalue weighted by Crippen LogP contribution is -2.15. The van der Waals surface area contributed by atoms with Crippen LogP contribution in [-0.4, -0.2) is 18.5 Å². The molecule has 0 bridgehead atoms. The summed E-state index contributed by atoms with van der Waals surface area (Å²) in [6.45, 7) is 20.9. The van der Waals surface area contributed by atoms with E-state index in [1.807, 2.05) is 0 Å². The van der Waals surface area contributed by atoms with Gasteiger partial charge in [0.05, 0.1) is 0 Å². The van der Waals surface area contributed by atoms with E-state index < -0.39 is 11.8 Å². The number of amides is 2. The summed E-state index contributed by atoms with van der Waals surface area (Å²) in [5.41, 5.74) is 5.77. The van der Waals surface area contributed by atoms with Crippen molar-refractivity contribution in [3.05, 3.63) is 60.8 Å². The normalized spacial score (nSPS) is 8.94. The van der Waals surface area contributed by atoms with Gasteiger partial charge in [0.25, 0.3) is 5.91 Å². The molecule has 0 spiro atoms. The van der Waals surface area contributed by atoms with Crippen LogP contribution in [0.1, 0.15) is 0 Å². The zero-order valence-electron chi connectivity index (χ0n) is 9.58. The van der Waals surface area contributed by atoms with Gasteiger partial charge in [0.1, 0.15) is 0 Å². The number of carbonyl (C=O) groups excluding carboxylic acids is 2. The largest absolute Gasteiger partial charge is 0.366 e. The van der Waals surface area contributed by atoms with Crippen molar-refractivity contribution < 1.29 is 9.59 Å². The summed E-state index contributed by atoms with van der Waals surface area (Å²) in [6.07, 6.45) is 0. The van der Waals surface area contributed by atoms with Crippen LogP contribution in [0.4, 0.5) is 0 Å². The number of allylic oxidation sites excluding steroid dienone is 1. The number of aliphatic imine (C=N–C) groups is 1. The van der Waals surface area contributed by atoms with E-state index in [1.165, 1.54) is 0 Å². The molecule has 2 N–H and O–H groups in total. The first-order valence-corrected chi connectivity index (χ1v) is 4.50. The Morgan fingerprint density at radius 3 is 1.47 bits per heavy atom. The second kappa shape index (κ2) is 5.55. The van der Waals surface area contributed by atoms with Crippen molar-refractivity contribution in [2.45, 2.75) is 0 Å². The van der Waals surface area contributed by atoms with Gasteiger partial charge in [-0.05, 0) is 23.4 Å². The number of hydrogen-bond acceptors (Lipinski definition) is 2. The van der Waals surface area contributed by atoms with Crippen molar-refractivity contribution in [3.8, 4) is 0 Å². The molecule has 4 nitrogen and oxygen atoms in total. The molecular formula is C13H14N2O2. The highest BCUT2D eigenvalue weighted by Gasteiger charge is 2.16. The molecule has 0 saturated heterocycles. The third-order valence-electron chi connectivity index (χ3n) is 2.16. The number of nitrogens with zero attached hydrogens (tertiary/aromatic N) is 1. The highest BCUT2D eigenvalue weighted by molar-refractivity contribution is 6.02. The molecule has 0 aromatic carbocycles. The van der Waals surface area contributed by atoms with Gasteiger partial charge in [0.2, 0.25) is 5.91 Å². The molecule has 4 heteroatoms. The zero-order valence-corrected chi connectivity index (χ0v) is 9.58. The van der Waals surface area contributed by atoms with Crippen LogP contribution in [0.3, 0.4) is 0 Å². The van der Waals surface area contributed by atoms with Crippen molar-refractivity contribution in [1.29, 1.82) is 0 Å². The number of carbonyl (C=O) groups is 2.